The highest BCUT2D eigenvalue weighted by Crippen LogP contribution is 2.37. The van der Waals surface area contributed by atoms with E-state index >= 15 is 0 Å². The van der Waals surface area contributed by atoms with E-state index in [1.165, 1.54) is 25.7 Å². The zero-order valence-corrected chi connectivity index (χ0v) is 12.9. The minimum Gasteiger partial charge on any atom is -0.355 e. The highest BCUT2D eigenvalue weighted by molar-refractivity contribution is 5.85. The van der Waals surface area contributed by atoms with E-state index in [0.29, 0.717) is 12.5 Å². The first-order valence-electron chi connectivity index (χ1n) is 7.66. The molecule has 3 nitrogen and oxygen atoms in total. The van der Waals surface area contributed by atoms with Crippen LogP contribution >= 0.6 is 12.4 Å². The summed E-state index contributed by atoms with van der Waals surface area (Å²) in [6.45, 7) is 3.70. The van der Waals surface area contributed by atoms with E-state index in [4.69, 9.17) is 5.73 Å². The summed E-state index contributed by atoms with van der Waals surface area (Å²) in [4.78, 5) is 12.4. The number of carbonyl (C=O) groups excluding carboxylic acids is 1. The lowest BCUT2D eigenvalue weighted by atomic mass is 9.80. The molecule has 0 aromatic rings. The van der Waals surface area contributed by atoms with Crippen molar-refractivity contribution in [1.82, 2.24) is 5.32 Å². The molecule has 0 saturated heterocycles. The first-order chi connectivity index (χ1) is 8.68. The summed E-state index contributed by atoms with van der Waals surface area (Å²) in [5, 5.41) is 3.20. The number of carbonyl (C=O) groups is 1. The molecule has 1 amide bonds. The van der Waals surface area contributed by atoms with E-state index in [0.717, 1.165) is 38.1 Å². The van der Waals surface area contributed by atoms with Crippen LogP contribution in [0.3, 0.4) is 0 Å². The second kappa shape index (κ2) is 7.49. The lowest BCUT2D eigenvalue weighted by Crippen LogP contribution is -2.46. The maximum absolute atomic E-state index is 12.4. The normalized spacial score (nSPS) is 29.6. The Balaban J connectivity index is 0.00000180. The van der Waals surface area contributed by atoms with Gasteiger partial charge in [0.15, 0.2) is 0 Å². The van der Waals surface area contributed by atoms with Gasteiger partial charge in [-0.2, -0.15) is 0 Å². The zero-order valence-electron chi connectivity index (χ0n) is 12.1. The Labute approximate surface area is 123 Å². The molecule has 4 heteroatoms. The molecule has 2 atom stereocenters. The molecule has 0 radical (unpaired) electrons. The standard InChI is InChI=1S/C15H28N2O.ClH/c1-12-6-2-3-7-13(12)10-17-14(18)15(11-16)8-4-5-9-15;/h12-13H,2-11,16H2,1H3,(H,17,18);1H. The lowest BCUT2D eigenvalue weighted by Gasteiger charge is -2.31. The van der Waals surface area contributed by atoms with Crippen molar-refractivity contribution in [3.05, 3.63) is 0 Å². The van der Waals surface area contributed by atoms with Gasteiger partial charge in [0.05, 0.1) is 5.41 Å². The van der Waals surface area contributed by atoms with Crippen molar-refractivity contribution in [2.24, 2.45) is 23.0 Å². The van der Waals surface area contributed by atoms with Gasteiger partial charge in [-0.15, -0.1) is 12.4 Å². The summed E-state index contributed by atoms with van der Waals surface area (Å²) in [6.07, 6.45) is 9.56. The van der Waals surface area contributed by atoms with E-state index < -0.39 is 0 Å². The monoisotopic (exact) mass is 288 g/mol. The molecule has 3 N–H and O–H groups in total. The van der Waals surface area contributed by atoms with Gasteiger partial charge < -0.3 is 11.1 Å². The third-order valence-corrected chi connectivity index (χ3v) is 5.25. The van der Waals surface area contributed by atoms with Crippen molar-refractivity contribution < 1.29 is 4.79 Å². The van der Waals surface area contributed by atoms with Gasteiger partial charge in [-0.05, 0) is 31.1 Å². The summed E-state index contributed by atoms with van der Waals surface area (Å²) < 4.78 is 0. The Morgan fingerprint density at radius 2 is 1.84 bits per heavy atom. The van der Waals surface area contributed by atoms with Gasteiger partial charge in [-0.1, -0.05) is 39.0 Å². The first kappa shape index (κ1) is 16.8. The minimum atomic E-state index is -0.238. The number of rotatable bonds is 4. The average Bonchev–Trinajstić information content (AvgIpc) is 2.87. The molecule has 0 aliphatic heterocycles. The van der Waals surface area contributed by atoms with Gasteiger partial charge in [0.2, 0.25) is 5.91 Å². The van der Waals surface area contributed by atoms with Crippen LogP contribution in [0, 0.1) is 17.3 Å². The van der Waals surface area contributed by atoms with E-state index in [2.05, 4.69) is 12.2 Å². The van der Waals surface area contributed by atoms with Crippen molar-refractivity contribution in [1.29, 1.82) is 0 Å². The summed E-state index contributed by atoms with van der Waals surface area (Å²) in [7, 11) is 0. The fraction of sp³-hybridized carbons (Fsp3) is 0.933. The number of halogens is 1. The summed E-state index contributed by atoms with van der Waals surface area (Å²) in [6, 6.07) is 0. The summed E-state index contributed by atoms with van der Waals surface area (Å²) in [5.41, 5.74) is 5.61. The number of hydrogen-bond acceptors (Lipinski definition) is 2. The Morgan fingerprint density at radius 1 is 1.21 bits per heavy atom. The van der Waals surface area contributed by atoms with Crippen LogP contribution in [0.15, 0.2) is 0 Å². The second-order valence-corrected chi connectivity index (χ2v) is 6.42. The topological polar surface area (TPSA) is 55.1 Å². The molecular weight excluding hydrogens is 260 g/mol. The predicted octanol–water partition coefficient (Wildman–Crippen LogP) is 2.87. The van der Waals surface area contributed by atoms with Crippen molar-refractivity contribution >= 4 is 18.3 Å². The molecule has 0 heterocycles. The van der Waals surface area contributed by atoms with Gasteiger partial charge in [0.25, 0.3) is 0 Å². The molecule has 19 heavy (non-hydrogen) atoms. The molecule has 0 spiro atoms. The van der Waals surface area contributed by atoms with Crippen molar-refractivity contribution in [3.63, 3.8) is 0 Å². The fourth-order valence-corrected chi connectivity index (χ4v) is 3.68. The van der Waals surface area contributed by atoms with Crippen molar-refractivity contribution in [2.75, 3.05) is 13.1 Å². The van der Waals surface area contributed by atoms with Gasteiger partial charge >= 0.3 is 0 Å². The van der Waals surface area contributed by atoms with Gasteiger partial charge in [-0.25, -0.2) is 0 Å². The Morgan fingerprint density at radius 3 is 2.42 bits per heavy atom. The maximum Gasteiger partial charge on any atom is 0.227 e. The molecule has 0 bridgehead atoms. The smallest absolute Gasteiger partial charge is 0.227 e. The molecule has 2 aliphatic carbocycles. The highest BCUT2D eigenvalue weighted by atomic mass is 35.5. The van der Waals surface area contributed by atoms with E-state index in [1.54, 1.807) is 0 Å². The van der Waals surface area contributed by atoms with E-state index in [1.807, 2.05) is 0 Å². The summed E-state index contributed by atoms with van der Waals surface area (Å²) in [5.74, 6) is 1.66. The zero-order chi connectivity index (χ0) is 13.0. The quantitative estimate of drug-likeness (QED) is 0.836. The third-order valence-electron chi connectivity index (χ3n) is 5.25. The van der Waals surface area contributed by atoms with Gasteiger partial charge in [-0.3, -0.25) is 4.79 Å². The van der Waals surface area contributed by atoms with Crippen LogP contribution in [-0.4, -0.2) is 19.0 Å². The molecule has 2 fully saturated rings. The molecule has 2 saturated carbocycles. The molecular formula is C15H29ClN2O. The molecule has 2 unspecified atom stereocenters. The largest absolute Gasteiger partial charge is 0.355 e. The predicted molar refractivity (Wildman–Crippen MR) is 81.3 cm³/mol. The van der Waals surface area contributed by atoms with Crippen LogP contribution in [0.5, 0.6) is 0 Å². The average molecular weight is 289 g/mol. The minimum absolute atomic E-state index is 0. The second-order valence-electron chi connectivity index (χ2n) is 6.42. The van der Waals surface area contributed by atoms with Crippen LogP contribution in [0.25, 0.3) is 0 Å². The number of nitrogens with two attached hydrogens (primary N) is 1. The maximum atomic E-state index is 12.4. The van der Waals surface area contributed by atoms with E-state index in [-0.39, 0.29) is 23.7 Å². The van der Waals surface area contributed by atoms with Crippen LogP contribution in [0.2, 0.25) is 0 Å². The molecule has 0 aromatic carbocycles. The molecule has 2 aliphatic rings. The van der Waals surface area contributed by atoms with Crippen LogP contribution in [0.1, 0.15) is 58.3 Å². The van der Waals surface area contributed by atoms with Crippen molar-refractivity contribution in [2.45, 2.75) is 58.3 Å². The number of amides is 1. The fourth-order valence-electron chi connectivity index (χ4n) is 3.68. The van der Waals surface area contributed by atoms with Crippen molar-refractivity contribution in [3.8, 4) is 0 Å². The van der Waals surface area contributed by atoms with Crippen LogP contribution < -0.4 is 11.1 Å². The molecule has 2 rings (SSSR count). The van der Waals surface area contributed by atoms with E-state index in [9.17, 15) is 4.79 Å². The number of hydrogen-bond donors (Lipinski definition) is 2. The third kappa shape index (κ3) is 3.85. The SMILES string of the molecule is CC1CCCCC1CNC(=O)C1(CN)CCCC1.Cl. The lowest BCUT2D eigenvalue weighted by molar-refractivity contribution is -0.130. The molecule has 112 valence electrons. The Kier molecular flexibility index (Phi) is 6.61. The first-order valence-corrected chi connectivity index (χ1v) is 7.66. The molecule has 0 aromatic heterocycles. The van der Waals surface area contributed by atoms with Crippen LogP contribution in [-0.2, 0) is 4.79 Å². The van der Waals surface area contributed by atoms with Gasteiger partial charge in [0, 0.05) is 13.1 Å². The number of nitrogens with one attached hydrogen (secondary N) is 1. The Bertz CT molecular complexity index is 290. The van der Waals surface area contributed by atoms with Crippen LogP contribution in [0.4, 0.5) is 0 Å². The van der Waals surface area contributed by atoms with Gasteiger partial charge in [0.1, 0.15) is 0 Å². The Hall–Kier alpha value is -0.280. The highest BCUT2D eigenvalue weighted by Gasteiger charge is 2.39. The summed E-state index contributed by atoms with van der Waals surface area (Å²) >= 11 is 0.